The van der Waals surface area contributed by atoms with Crippen LogP contribution in [0, 0.1) is 6.92 Å². The van der Waals surface area contributed by atoms with E-state index < -0.39 is 10.0 Å². The number of sulfonamides is 1. The van der Waals surface area contributed by atoms with Gasteiger partial charge in [0.25, 0.3) is 10.0 Å². The van der Waals surface area contributed by atoms with Crippen molar-refractivity contribution in [3.8, 4) is 0 Å². The maximum absolute atomic E-state index is 13.0. The van der Waals surface area contributed by atoms with Gasteiger partial charge in [0.2, 0.25) is 5.89 Å². The van der Waals surface area contributed by atoms with Gasteiger partial charge in [-0.1, -0.05) is 32.9 Å². The lowest BCUT2D eigenvalue weighted by Crippen LogP contribution is -2.13. The number of oxazole rings is 1. The SMILES string of the molecule is Cc1cnc2c(S(=O)(=O)Nc3ccc4oc(C(C)(C)C)nc4c3)cccc2c1. The molecule has 0 atom stereocenters. The van der Waals surface area contributed by atoms with Crippen LogP contribution in [0.5, 0.6) is 0 Å². The second kappa shape index (κ2) is 6.31. The fourth-order valence-corrected chi connectivity index (χ4v) is 4.21. The Morgan fingerprint density at radius 3 is 2.61 bits per heavy atom. The van der Waals surface area contributed by atoms with Crippen molar-refractivity contribution in [2.45, 2.75) is 38.0 Å². The summed E-state index contributed by atoms with van der Waals surface area (Å²) in [6.45, 7) is 7.95. The van der Waals surface area contributed by atoms with Crippen molar-refractivity contribution in [1.82, 2.24) is 9.97 Å². The lowest BCUT2D eigenvalue weighted by atomic mass is 9.97. The zero-order valence-corrected chi connectivity index (χ0v) is 17.0. The highest BCUT2D eigenvalue weighted by molar-refractivity contribution is 7.93. The van der Waals surface area contributed by atoms with E-state index >= 15 is 0 Å². The minimum atomic E-state index is -3.81. The zero-order chi connectivity index (χ0) is 20.1. The summed E-state index contributed by atoms with van der Waals surface area (Å²) < 4.78 is 34.4. The molecule has 4 aromatic rings. The van der Waals surface area contributed by atoms with E-state index in [1.165, 1.54) is 0 Å². The Kier molecular flexibility index (Phi) is 4.15. The molecular formula is C21H21N3O3S. The predicted octanol–water partition coefficient (Wildman–Crippen LogP) is 4.78. The molecular weight excluding hydrogens is 374 g/mol. The van der Waals surface area contributed by atoms with Crippen molar-refractivity contribution in [3.05, 3.63) is 60.1 Å². The van der Waals surface area contributed by atoms with E-state index in [0.29, 0.717) is 28.2 Å². The fourth-order valence-electron chi connectivity index (χ4n) is 2.98. The number of pyridine rings is 1. The summed E-state index contributed by atoms with van der Waals surface area (Å²) in [4.78, 5) is 8.96. The Morgan fingerprint density at radius 1 is 1.07 bits per heavy atom. The van der Waals surface area contributed by atoms with Gasteiger partial charge in [-0.25, -0.2) is 13.4 Å². The van der Waals surface area contributed by atoms with Crippen LogP contribution in [0.1, 0.15) is 32.2 Å². The predicted molar refractivity (Wildman–Crippen MR) is 110 cm³/mol. The molecule has 1 N–H and O–H groups in total. The second-order valence-electron chi connectivity index (χ2n) is 7.90. The third kappa shape index (κ3) is 3.33. The average molecular weight is 395 g/mol. The number of aromatic nitrogens is 2. The molecule has 2 aromatic carbocycles. The number of aryl methyl sites for hydroxylation is 1. The first-order valence-electron chi connectivity index (χ1n) is 8.93. The summed E-state index contributed by atoms with van der Waals surface area (Å²) >= 11 is 0. The first-order chi connectivity index (χ1) is 13.1. The van der Waals surface area contributed by atoms with Crippen molar-refractivity contribution in [1.29, 1.82) is 0 Å². The van der Waals surface area contributed by atoms with Gasteiger partial charge in [0.15, 0.2) is 5.58 Å². The van der Waals surface area contributed by atoms with E-state index in [-0.39, 0.29) is 10.3 Å². The minimum Gasteiger partial charge on any atom is -0.440 e. The summed E-state index contributed by atoms with van der Waals surface area (Å²) in [5, 5.41) is 0.782. The van der Waals surface area contributed by atoms with Gasteiger partial charge < -0.3 is 4.42 Å². The molecule has 0 amide bonds. The monoisotopic (exact) mass is 395 g/mol. The number of benzene rings is 2. The molecule has 0 aliphatic carbocycles. The van der Waals surface area contributed by atoms with Crippen molar-refractivity contribution in [2.24, 2.45) is 0 Å². The summed E-state index contributed by atoms with van der Waals surface area (Å²) in [6, 6.07) is 12.1. The molecule has 0 saturated heterocycles. The molecule has 2 heterocycles. The fraction of sp³-hybridized carbons (Fsp3) is 0.238. The first-order valence-corrected chi connectivity index (χ1v) is 10.4. The molecule has 0 saturated carbocycles. The van der Waals surface area contributed by atoms with Crippen molar-refractivity contribution >= 4 is 37.7 Å². The summed E-state index contributed by atoms with van der Waals surface area (Å²) in [7, 11) is -3.81. The number of nitrogens with one attached hydrogen (secondary N) is 1. The Bertz CT molecular complexity index is 1300. The number of hydrogen-bond acceptors (Lipinski definition) is 5. The van der Waals surface area contributed by atoms with E-state index in [2.05, 4.69) is 14.7 Å². The Balaban J connectivity index is 1.74. The molecule has 0 spiro atoms. The molecule has 0 bridgehead atoms. The lowest BCUT2D eigenvalue weighted by Gasteiger charge is -2.11. The average Bonchev–Trinajstić information content (AvgIpc) is 3.04. The molecule has 2 aromatic heterocycles. The highest BCUT2D eigenvalue weighted by Gasteiger charge is 2.22. The molecule has 0 unspecified atom stereocenters. The molecule has 0 aliphatic rings. The summed E-state index contributed by atoms with van der Waals surface area (Å²) in [6.07, 6.45) is 1.66. The second-order valence-corrected chi connectivity index (χ2v) is 9.55. The van der Waals surface area contributed by atoms with Gasteiger partial charge in [-0.3, -0.25) is 9.71 Å². The van der Waals surface area contributed by atoms with E-state index in [1.54, 1.807) is 36.5 Å². The van der Waals surface area contributed by atoms with Crippen molar-refractivity contribution < 1.29 is 12.8 Å². The van der Waals surface area contributed by atoms with Crippen LogP contribution in [-0.4, -0.2) is 18.4 Å². The summed E-state index contributed by atoms with van der Waals surface area (Å²) in [5.41, 5.74) is 2.84. The standard InChI is InChI=1S/C21H21N3O3S/c1-13-10-14-6-5-7-18(19(14)22-12-13)28(25,26)24-15-8-9-17-16(11-15)23-20(27-17)21(2,3)4/h5-12,24H,1-4H3. The van der Waals surface area contributed by atoms with Gasteiger partial charge in [-0.05, 0) is 42.8 Å². The van der Waals surface area contributed by atoms with Crippen LogP contribution in [-0.2, 0) is 15.4 Å². The normalized spacial score (nSPS) is 12.6. The number of hydrogen-bond donors (Lipinski definition) is 1. The van der Waals surface area contributed by atoms with Gasteiger partial charge in [0, 0.05) is 17.0 Å². The Hall–Kier alpha value is -2.93. The maximum atomic E-state index is 13.0. The van der Waals surface area contributed by atoms with Gasteiger partial charge in [-0.15, -0.1) is 0 Å². The van der Waals surface area contributed by atoms with Gasteiger partial charge >= 0.3 is 0 Å². The number of fused-ring (bicyclic) bond motifs is 2. The van der Waals surface area contributed by atoms with E-state index in [0.717, 1.165) is 10.9 Å². The molecule has 6 nitrogen and oxygen atoms in total. The lowest BCUT2D eigenvalue weighted by molar-refractivity contribution is 0.411. The van der Waals surface area contributed by atoms with Crippen LogP contribution in [0.25, 0.3) is 22.0 Å². The topological polar surface area (TPSA) is 85.1 Å². The number of para-hydroxylation sites is 1. The smallest absolute Gasteiger partial charge is 0.264 e. The van der Waals surface area contributed by atoms with E-state index in [9.17, 15) is 8.42 Å². The quantitative estimate of drug-likeness (QED) is 0.539. The highest BCUT2D eigenvalue weighted by atomic mass is 32.2. The third-order valence-electron chi connectivity index (χ3n) is 4.38. The molecule has 0 radical (unpaired) electrons. The molecule has 4 rings (SSSR count). The van der Waals surface area contributed by atoms with Crippen LogP contribution >= 0.6 is 0 Å². The number of nitrogens with zero attached hydrogens (tertiary/aromatic N) is 2. The van der Waals surface area contributed by atoms with Gasteiger partial charge in [-0.2, -0.15) is 0 Å². The maximum Gasteiger partial charge on any atom is 0.264 e. The van der Waals surface area contributed by atoms with Gasteiger partial charge in [0.05, 0.1) is 11.2 Å². The Labute approximate surface area is 163 Å². The summed E-state index contributed by atoms with van der Waals surface area (Å²) in [5.74, 6) is 0.608. The number of anilines is 1. The highest BCUT2D eigenvalue weighted by Crippen LogP contribution is 2.29. The van der Waals surface area contributed by atoms with Crippen LogP contribution in [0.15, 0.2) is 58.0 Å². The van der Waals surface area contributed by atoms with Crippen LogP contribution < -0.4 is 4.72 Å². The first kappa shape index (κ1) is 18.4. The molecule has 28 heavy (non-hydrogen) atoms. The zero-order valence-electron chi connectivity index (χ0n) is 16.1. The van der Waals surface area contributed by atoms with E-state index in [1.807, 2.05) is 39.8 Å². The number of rotatable bonds is 3. The Morgan fingerprint density at radius 2 is 1.86 bits per heavy atom. The molecule has 0 aliphatic heterocycles. The van der Waals surface area contributed by atoms with Gasteiger partial charge in [0.1, 0.15) is 10.4 Å². The van der Waals surface area contributed by atoms with Crippen molar-refractivity contribution in [3.63, 3.8) is 0 Å². The largest absolute Gasteiger partial charge is 0.440 e. The van der Waals surface area contributed by atoms with Crippen LogP contribution in [0.4, 0.5) is 5.69 Å². The van der Waals surface area contributed by atoms with Crippen LogP contribution in [0.3, 0.4) is 0 Å². The third-order valence-corrected chi connectivity index (χ3v) is 5.79. The molecule has 7 heteroatoms. The van der Waals surface area contributed by atoms with E-state index in [4.69, 9.17) is 4.42 Å². The molecule has 0 fully saturated rings. The minimum absolute atomic E-state index is 0.139. The van der Waals surface area contributed by atoms with Crippen molar-refractivity contribution in [2.75, 3.05) is 4.72 Å². The molecule has 144 valence electrons. The van der Waals surface area contributed by atoms with Crippen LogP contribution in [0.2, 0.25) is 0 Å².